The van der Waals surface area contributed by atoms with E-state index in [1.165, 1.54) is 6.07 Å². The number of imidazole rings is 1. The van der Waals surface area contributed by atoms with Crippen LogP contribution in [0.3, 0.4) is 0 Å². The quantitative estimate of drug-likeness (QED) is 0.874. The lowest BCUT2D eigenvalue weighted by Crippen LogP contribution is -2.42. The summed E-state index contributed by atoms with van der Waals surface area (Å²) in [6.45, 7) is 3.36. The van der Waals surface area contributed by atoms with Crippen LogP contribution in [-0.2, 0) is 16.8 Å². The number of fused-ring (bicyclic) bond motifs is 1. The SMILES string of the molecule is CC(C)(C(N)=O)n1c(CCCl)nc2c(F)cccc21. The number of hydrogen-bond acceptors (Lipinski definition) is 2. The first-order valence-electron chi connectivity index (χ1n) is 5.91. The Morgan fingerprint density at radius 2 is 2.21 bits per heavy atom. The Morgan fingerprint density at radius 3 is 2.79 bits per heavy atom. The van der Waals surface area contributed by atoms with Crippen LogP contribution in [0.2, 0.25) is 0 Å². The van der Waals surface area contributed by atoms with Crippen LogP contribution in [0.15, 0.2) is 18.2 Å². The second kappa shape index (κ2) is 4.81. The highest BCUT2D eigenvalue weighted by Gasteiger charge is 2.31. The third-order valence-corrected chi connectivity index (χ3v) is 3.37. The number of halogens is 2. The van der Waals surface area contributed by atoms with E-state index in [-0.39, 0.29) is 5.52 Å². The van der Waals surface area contributed by atoms with Gasteiger partial charge in [0.1, 0.15) is 16.9 Å². The van der Waals surface area contributed by atoms with Crippen molar-refractivity contribution in [3.63, 3.8) is 0 Å². The summed E-state index contributed by atoms with van der Waals surface area (Å²) in [5, 5.41) is 0. The number of hydrogen-bond donors (Lipinski definition) is 1. The van der Waals surface area contributed by atoms with Crippen LogP contribution >= 0.6 is 11.6 Å². The number of carbonyl (C=O) groups excluding carboxylic acids is 1. The van der Waals surface area contributed by atoms with Gasteiger partial charge in [-0.15, -0.1) is 11.6 Å². The number of nitrogens with zero attached hydrogens (tertiary/aromatic N) is 2. The maximum atomic E-state index is 13.8. The number of carbonyl (C=O) groups is 1. The summed E-state index contributed by atoms with van der Waals surface area (Å²) in [6, 6.07) is 4.63. The topological polar surface area (TPSA) is 60.9 Å². The van der Waals surface area contributed by atoms with Crippen LogP contribution in [0.5, 0.6) is 0 Å². The fraction of sp³-hybridized carbons (Fsp3) is 0.385. The van der Waals surface area contributed by atoms with Gasteiger partial charge in [-0.25, -0.2) is 9.37 Å². The van der Waals surface area contributed by atoms with Gasteiger partial charge < -0.3 is 10.3 Å². The molecule has 19 heavy (non-hydrogen) atoms. The van der Waals surface area contributed by atoms with Crippen molar-refractivity contribution in [2.75, 3.05) is 5.88 Å². The number of nitrogens with two attached hydrogens (primary N) is 1. The average Bonchev–Trinajstić information content (AvgIpc) is 2.69. The minimum Gasteiger partial charge on any atom is -0.368 e. The van der Waals surface area contributed by atoms with E-state index in [1.54, 1.807) is 30.5 Å². The molecule has 2 N–H and O–H groups in total. The van der Waals surface area contributed by atoms with Gasteiger partial charge in [0.2, 0.25) is 5.91 Å². The van der Waals surface area contributed by atoms with Crippen LogP contribution in [0.4, 0.5) is 4.39 Å². The summed E-state index contributed by atoms with van der Waals surface area (Å²) >= 11 is 5.74. The number of rotatable bonds is 4. The number of amides is 1. The highest BCUT2D eigenvalue weighted by atomic mass is 35.5. The van der Waals surface area contributed by atoms with Crippen LogP contribution in [-0.4, -0.2) is 21.3 Å². The minimum atomic E-state index is -0.996. The summed E-state index contributed by atoms with van der Waals surface area (Å²) in [6.07, 6.45) is 0.437. The Kier molecular flexibility index (Phi) is 3.49. The number of alkyl halides is 1. The fourth-order valence-electron chi connectivity index (χ4n) is 2.10. The van der Waals surface area contributed by atoms with E-state index >= 15 is 0 Å². The maximum Gasteiger partial charge on any atom is 0.243 e. The first-order valence-corrected chi connectivity index (χ1v) is 6.45. The van der Waals surface area contributed by atoms with Gasteiger partial charge in [-0.1, -0.05) is 6.07 Å². The Balaban J connectivity index is 2.79. The summed E-state index contributed by atoms with van der Waals surface area (Å²) in [7, 11) is 0. The van der Waals surface area contributed by atoms with E-state index in [0.29, 0.717) is 23.6 Å². The maximum absolute atomic E-state index is 13.8. The van der Waals surface area contributed by atoms with Crippen molar-refractivity contribution in [2.45, 2.75) is 25.8 Å². The van der Waals surface area contributed by atoms with Crippen LogP contribution in [0.1, 0.15) is 19.7 Å². The van der Waals surface area contributed by atoms with Gasteiger partial charge in [-0.3, -0.25) is 4.79 Å². The van der Waals surface area contributed by atoms with Crippen molar-refractivity contribution in [1.82, 2.24) is 9.55 Å². The molecule has 0 aliphatic rings. The van der Waals surface area contributed by atoms with Crippen molar-refractivity contribution in [3.8, 4) is 0 Å². The largest absolute Gasteiger partial charge is 0.368 e. The lowest BCUT2D eigenvalue weighted by molar-refractivity contribution is -0.125. The van der Waals surface area contributed by atoms with E-state index in [2.05, 4.69) is 4.98 Å². The summed E-state index contributed by atoms with van der Waals surface area (Å²) < 4.78 is 15.4. The zero-order chi connectivity index (χ0) is 14.2. The van der Waals surface area contributed by atoms with Crippen molar-refractivity contribution >= 4 is 28.5 Å². The normalized spacial score (nSPS) is 12.0. The molecule has 0 aliphatic carbocycles. The highest BCUT2D eigenvalue weighted by molar-refractivity contribution is 6.17. The first kappa shape index (κ1) is 13.8. The van der Waals surface area contributed by atoms with Crippen LogP contribution in [0.25, 0.3) is 11.0 Å². The molecule has 0 fully saturated rings. The van der Waals surface area contributed by atoms with Gasteiger partial charge in [0.25, 0.3) is 0 Å². The zero-order valence-electron chi connectivity index (χ0n) is 10.8. The van der Waals surface area contributed by atoms with E-state index in [4.69, 9.17) is 17.3 Å². The van der Waals surface area contributed by atoms with Gasteiger partial charge >= 0.3 is 0 Å². The molecule has 0 aliphatic heterocycles. The number of benzene rings is 1. The van der Waals surface area contributed by atoms with E-state index < -0.39 is 17.3 Å². The highest BCUT2D eigenvalue weighted by Crippen LogP contribution is 2.27. The number of aromatic nitrogens is 2. The van der Waals surface area contributed by atoms with Crippen LogP contribution in [0, 0.1) is 5.82 Å². The molecule has 6 heteroatoms. The molecule has 102 valence electrons. The lowest BCUT2D eigenvalue weighted by atomic mass is 10.0. The molecule has 1 heterocycles. The Morgan fingerprint density at radius 1 is 1.53 bits per heavy atom. The standard InChI is InChI=1S/C13H15ClFN3O/c1-13(2,12(16)19)18-9-5-3-4-8(15)11(9)17-10(18)6-7-14/h3-5H,6-7H2,1-2H3,(H2,16,19). The van der Waals surface area contributed by atoms with Crippen LogP contribution < -0.4 is 5.73 Å². The number of primary amides is 1. The molecule has 0 spiro atoms. The van der Waals surface area contributed by atoms with E-state index in [0.717, 1.165) is 0 Å². The minimum absolute atomic E-state index is 0.233. The van der Waals surface area contributed by atoms with Crippen molar-refractivity contribution in [3.05, 3.63) is 29.8 Å². The van der Waals surface area contributed by atoms with Gasteiger partial charge in [-0.05, 0) is 26.0 Å². The summed E-state index contributed by atoms with van der Waals surface area (Å²) in [4.78, 5) is 15.9. The molecule has 2 aromatic rings. The number of aryl methyl sites for hydroxylation is 1. The third-order valence-electron chi connectivity index (χ3n) is 3.19. The molecule has 1 aromatic carbocycles. The molecule has 0 bridgehead atoms. The predicted octanol–water partition coefficient (Wildman–Crippen LogP) is 2.18. The smallest absolute Gasteiger partial charge is 0.243 e. The average molecular weight is 284 g/mol. The molecule has 0 unspecified atom stereocenters. The monoisotopic (exact) mass is 283 g/mol. The van der Waals surface area contributed by atoms with Gasteiger partial charge in [0.05, 0.1) is 5.52 Å². The Labute approximate surface area is 115 Å². The van der Waals surface area contributed by atoms with Crippen molar-refractivity contribution in [1.29, 1.82) is 0 Å². The van der Waals surface area contributed by atoms with Gasteiger partial charge in [0, 0.05) is 12.3 Å². The third kappa shape index (κ3) is 2.18. The molecule has 1 amide bonds. The molecule has 2 rings (SSSR count). The molecule has 4 nitrogen and oxygen atoms in total. The molecule has 0 atom stereocenters. The Hall–Kier alpha value is -1.62. The molecule has 0 radical (unpaired) electrons. The molecular weight excluding hydrogens is 269 g/mol. The predicted molar refractivity (Wildman–Crippen MR) is 72.6 cm³/mol. The van der Waals surface area contributed by atoms with Gasteiger partial charge in [-0.2, -0.15) is 0 Å². The Bertz CT molecular complexity index is 636. The lowest BCUT2D eigenvalue weighted by Gasteiger charge is -2.25. The van der Waals surface area contributed by atoms with E-state index in [1.807, 2.05) is 0 Å². The second-order valence-corrected chi connectivity index (χ2v) is 5.21. The first-order chi connectivity index (χ1) is 8.89. The summed E-state index contributed by atoms with van der Waals surface area (Å²) in [5.74, 6) is -0.0436. The van der Waals surface area contributed by atoms with Crippen molar-refractivity contribution < 1.29 is 9.18 Å². The van der Waals surface area contributed by atoms with E-state index in [9.17, 15) is 9.18 Å². The van der Waals surface area contributed by atoms with Crippen molar-refractivity contribution in [2.24, 2.45) is 5.73 Å². The zero-order valence-corrected chi connectivity index (χ0v) is 11.5. The van der Waals surface area contributed by atoms with Gasteiger partial charge in [0.15, 0.2) is 5.82 Å². The fourth-order valence-corrected chi connectivity index (χ4v) is 2.27. The second-order valence-electron chi connectivity index (χ2n) is 4.83. The molecule has 1 aromatic heterocycles. The molecule has 0 saturated carbocycles. The summed E-state index contributed by atoms with van der Waals surface area (Å²) in [5.41, 5.74) is 5.22. The molecule has 0 saturated heterocycles. The number of para-hydroxylation sites is 1. The molecular formula is C13H15ClFN3O.